The second-order valence-electron chi connectivity index (χ2n) is 9.66. The number of nitrogens with zero attached hydrogens (tertiary/aromatic N) is 6. The van der Waals surface area contributed by atoms with Gasteiger partial charge in [-0.05, 0) is 44.6 Å². The monoisotopic (exact) mass is 482 g/mol. The van der Waals surface area contributed by atoms with Gasteiger partial charge in [-0.25, -0.2) is 4.79 Å². The molecule has 5 rings (SSSR count). The van der Waals surface area contributed by atoms with Crippen molar-refractivity contribution < 1.29 is 0 Å². The Balaban J connectivity index is 1.80. The van der Waals surface area contributed by atoms with Gasteiger partial charge in [0.15, 0.2) is 0 Å². The summed E-state index contributed by atoms with van der Waals surface area (Å²) >= 11 is 0. The van der Waals surface area contributed by atoms with Crippen molar-refractivity contribution in [1.29, 1.82) is 5.26 Å². The summed E-state index contributed by atoms with van der Waals surface area (Å²) in [6, 6.07) is 12.1. The Morgan fingerprint density at radius 1 is 1.06 bits per heavy atom. The standard InChI is InChI=1S/C28H30N6O2/c1-19(2)12-16-33-25-24(22(17-29)26(33)32-14-7-4-8-15-32)31(3)28(36)34(27(25)35)18-23-21-10-6-5-9-20(21)11-13-30-23/h5-6,9-13H,4,7-8,14-16,18H2,1-3H3. The molecule has 0 unspecified atom stereocenters. The number of aromatic nitrogens is 4. The van der Waals surface area contributed by atoms with Crippen molar-refractivity contribution in [3.8, 4) is 6.07 Å². The van der Waals surface area contributed by atoms with Gasteiger partial charge < -0.3 is 9.47 Å². The predicted molar refractivity (Wildman–Crippen MR) is 142 cm³/mol. The van der Waals surface area contributed by atoms with Crippen molar-refractivity contribution in [3.63, 3.8) is 0 Å². The molecule has 0 saturated carbocycles. The van der Waals surface area contributed by atoms with Crippen LogP contribution in [0.3, 0.4) is 0 Å². The fourth-order valence-corrected chi connectivity index (χ4v) is 5.21. The molecule has 0 atom stereocenters. The molecular weight excluding hydrogens is 452 g/mol. The number of fused-ring (bicyclic) bond motifs is 2. The second-order valence-corrected chi connectivity index (χ2v) is 9.66. The molecule has 3 aromatic heterocycles. The molecule has 1 saturated heterocycles. The lowest BCUT2D eigenvalue weighted by Gasteiger charge is -2.30. The van der Waals surface area contributed by atoms with Gasteiger partial charge in [0.25, 0.3) is 5.56 Å². The molecular formula is C28H30N6O2. The molecule has 0 N–H and O–H groups in total. The van der Waals surface area contributed by atoms with E-state index >= 15 is 0 Å². The van der Waals surface area contributed by atoms with Gasteiger partial charge in [0.2, 0.25) is 0 Å². The van der Waals surface area contributed by atoms with Gasteiger partial charge in [0.05, 0.1) is 17.8 Å². The summed E-state index contributed by atoms with van der Waals surface area (Å²) in [7, 11) is 1.64. The Bertz CT molecular complexity index is 1650. The van der Waals surface area contributed by atoms with E-state index in [9.17, 15) is 14.9 Å². The van der Waals surface area contributed by atoms with E-state index in [0.717, 1.165) is 54.5 Å². The van der Waals surface area contributed by atoms with Gasteiger partial charge in [0.1, 0.15) is 23.0 Å². The first-order chi connectivity index (χ1) is 17.4. The van der Waals surface area contributed by atoms with E-state index in [1.54, 1.807) is 13.2 Å². The van der Waals surface area contributed by atoms with E-state index in [4.69, 9.17) is 0 Å². The summed E-state index contributed by atoms with van der Waals surface area (Å²) in [6.07, 6.45) is 6.96. The number of benzene rings is 1. The molecule has 1 aliphatic heterocycles. The Hall–Kier alpha value is -4.12. The quantitative estimate of drug-likeness (QED) is 0.402. The number of hydrogen-bond donors (Lipinski definition) is 0. The van der Waals surface area contributed by atoms with E-state index < -0.39 is 11.2 Å². The lowest BCUT2D eigenvalue weighted by Crippen LogP contribution is -2.40. The van der Waals surface area contributed by atoms with Crippen LogP contribution >= 0.6 is 0 Å². The number of anilines is 1. The SMILES string of the molecule is CC(C)=CCn1c(N2CCCCC2)c(C#N)c2c1c(=O)n(Cc1nccc3ccccc13)c(=O)n2C. The number of hydrogen-bond acceptors (Lipinski definition) is 5. The average Bonchev–Trinajstić information content (AvgIpc) is 3.23. The number of rotatable bonds is 5. The molecule has 0 amide bonds. The summed E-state index contributed by atoms with van der Waals surface area (Å²) < 4.78 is 4.63. The Morgan fingerprint density at radius 2 is 1.81 bits per heavy atom. The van der Waals surface area contributed by atoms with Crippen LogP contribution in [-0.2, 0) is 20.1 Å². The third-order valence-corrected chi connectivity index (χ3v) is 7.02. The van der Waals surface area contributed by atoms with Crippen molar-refractivity contribution in [2.45, 2.75) is 46.2 Å². The number of allylic oxidation sites excluding steroid dienone is 2. The highest BCUT2D eigenvalue weighted by atomic mass is 16.2. The summed E-state index contributed by atoms with van der Waals surface area (Å²) in [4.78, 5) is 34.3. The van der Waals surface area contributed by atoms with E-state index in [1.165, 1.54) is 9.13 Å². The van der Waals surface area contributed by atoms with Gasteiger partial charge in [-0.3, -0.25) is 18.9 Å². The van der Waals surface area contributed by atoms with Gasteiger partial charge in [-0.2, -0.15) is 5.26 Å². The minimum atomic E-state index is -0.455. The number of nitriles is 1. The summed E-state index contributed by atoms with van der Waals surface area (Å²) in [6.45, 7) is 6.17. The Kier molecular flexibility index (Phi) is 6.23. The van der Waals surface area contributed by atoms with Crippen LogP contribution in [0.1, 0.15) is 44.4 Å². The maximum atomic E-state index is 14.0. The van der Waals surface area contributed by atoms with Gasteiger partial charge >= 0.3 is 5.69 Å². The Labute approximate surface area is 209 Å². The zero-order chi connectivity index (χ0) is 25.4. The highest BCUT2D eigenvalue weighted by Crippen LogP contribution is 2.32. The van der Waals surface area contributed by atoms with Crippen LogP contribution in [0.2, 0.25) is 0 Å². The third kappa shape index (κ3) is 3.91. The lowest BCUT2D eigenvalue weighted by molar-refractivity contribution is 0.565. The van der Waals surface area contributed by atoms with Crippen LogP contribution in [0.5, 0.6) is 0 Å². The molecule has 4 aromatic rings. The number of pyridine rings is 1. The highest BCUT2D eigenvalue weighted by Gasteiger charge is 2.28. The normalized spacial score (nSPS) is 13.8. The van der Waals surface area contributed by atoms with Crippen molar-refractivity contribution >= 4 is 27.6 Å². The molecule has 0 radical (unpaired) electrons. The largest absolute Gasteiger partial charge is 0.357 e. The molecule has 1 aliphatic rings. The molecule has 0 spiro atoms. The zero-order valence-electron chi connectivity index (χ0n) is 21.0. The van der Waals surface area contributed by atoms with Crippen molar-refractivity contribution in [2.24, 2.45) is 7.05 Å². The van der Waals surface area contributed by atoms with Crippen LogP contribution in [0.15, 0.2) is 57.8 Å². The van der Waals surface area contributed by atoms with Gasteiger partial charge in [-0.1, -0.05) is 35.9 Å². The van der Waals surface area contributed by atoms with E-state index in [0.29, 0.717) is 28.8 Å². The maximum Gasteiger partial charge on any atom is 0.331 e. The first-order valence-corrected chi connectivity index (χ1v) is 12.4. The average molecular weight is 483 g/mol. The van der Waals surface area contributed by atoms with Crippen molar-refractivity contribution in [3.05, 3.63) is 80.3 Å². The first-order valence-electron chi connectivity index (χ1n) is 12.4. The third-order valence-electron chi connectivity index (χ3n) is 7.02. The van der Waals surface area contributed by atoms with Crippen LogP contribution in [0, 0.1) is 11.3 Å². The smallest absolute Gasteiger partial charge is 0.331 e. The minimum Gasteiger partial charge on any atom is -0.357 e. The van der Waals surface area contributed by atoms with Crippen molar-refractivity contribution in [1.82, 2.24) is 18.7 Å². The topological polar surface area (TPSA) is 88.8 Å². The molecule has 184 valence electrons. The number of piperidine rings is 1. The molecule has 8 nitrogen and oxygen atoms in total. The second kappa shape index (κ2) is 9.50. The predicted octanol–water partition coefficient (Wildman–Crippen LogP) is 3.93. The highest BCUT2D eigenvalue weighted by molar-refractivity contribution is 5.90. The Morgan fingerprint density at radius 3 is 2.53 bits per heavy atom. The molecule has 0 aliphatic carbocycles. The minimum absolute atomic E-state index is 0.0531. The summed E-state index contributed by atoms with van der Waals surface area (Å²) in [5, 5.41) is 12.1. The van der Waals surface area contributed by atoms with Crippen LogP contribution in [0.4, 0.5) is 5.82 Å². The fraction of sp³-hybridized carbons (Fsp3) is 0.357. The van der Waals surface area contributed by atoms with Crippen molar-refractivity contribution in [2.75, 3.05) is 18.0 Å². The molecule has 0 bridgehead atoms. The summed E-state index contributed by atoms with van der Waals surface area (Å²) in [5.74, 6) is 0.734. The van der Waals surface area contributed by atoms with E-state index in [-0.39, 0.29) is 6.54 Å². The molecule has 4 heterocycles. The lowest BCUT2D eigenvalue weighted by atomic mass is 10.1. The number of aryl methyl sites for hydroxylation is 1. The fourth-order valence-electron chi connectivity index (χ4n) is 5.21. The van der Waals surface area contributed by atoms with E-state index in [1.807, 2.05) is 48.7 Å². The van der Waals surface area contributed by atoms with Gasteiger partial charge in [0, 0.05) is 38.3 Å². The summed E-state index contributed by atoms with van der Waals surface area (Å²) in [5.41, 5.74) is 2.09. The first kappa shape index (κ1) is 23.6. The van der Waals surface area contributed by atoms with Crippen LogP contribution < -0.4 is 16.1 Å². The van der Waals surface area contributed by atoms with E-state index in [2.05, 4.69) is 22.0 Å². The molecule has 36 heavy (non-hydrogen) atoms. The molecule has 1 fully saturated rings. The maximum absolute atomic E-state index is 14.0. The zero-order valence-corrected chi connectivity index (χ0v) is 21.0. The van der Waals surface area contributed by atoms with Crippen LogP contribution in [0.25, 0.3) is 21.8 Å². The molecule has 8 heteroatoms. The van der Waals surface area contributed by atoms with Gasteiger partial charge in [-0.15, -0.1) is 0 Å². The molecule has 1 aromatic carbocycles. The van der Waals surface area contributed by atoms with Crippen LogP contribution in [-0.4, -0.2) is 31.8 Å².